The molecular formula is C34H51ClN6O13. The Hall–Kier alpha value is -3.79. The SMILES string of the molecule is CC(=O)NCCOCCOCc1cn(CCCCCCO[C@]2(C(=O)O)C[C@H](O)[C@@H](NC(=O)CO)[C@H]([C@H](O)[C@H](O)CNC(=O)Cc3ccc(Cl)cc3)O2)nn1. The molecule has 0 radical (unpaired) electrons. The fraction of sp³-hybridized carbons (Fsp3) is 0.647. The monoisotopic (exact) mass is 786 g/mol. The number of hydrogen-bond acceptors (Lipinski definition) is 14. The maximum absolute atomic E-state index is 12.5. The molecule has 0 unspecified atom stereocenters. The van der Waals surface area contributed by atoms with Crippen molar-refractivity contribution in [3.8, 4) is 0 Å². The summed E-state index contributed by atoms with van der Waals surface area (Å²) in [6.07, 6.45) is -3.40. The number of nitrogens with one attached hydrogen (secondary N) is 3. The Kier molecular flexibility index (Phi) is 19.2. The van der Waals surface area contributed by atoms with E-state index < -0.39 is 73.6 Å². The van der Waals surface area contributed by atoms with Crippen molar-refractivity contribution in [2.75, 3.05) is 46.1 Å². The molecule has 302 valence electrons. The molecule has 1 fully saturated rings. The van der Waals surface area contributed by atoms with E-state index in [-0.39, 0.29) is 25.5 Å². The van der Waals surface area contributed by atoms with Gasteiger partial charge in [0.15, 0.2) is 0 Å². The molecule has 2 heterocycles. The van der Waals surface area contributed by atoms with Gasteiger partial charge in [-0.05, 0) is 30.5 Å². The van der Waals surface area contributed by atoms with E-state index in [0.717, 1.165) is 12.8 Å². The van der Waals surface area contributed by atoms with Gasteiger partial charge in [0.05, 0.1) is 63.9 Å². The van der Waals surface area contributed by atoms with E-state index >= 15 is 0 Å². The number of carbonyl (C=O) groups excluding carboxylic acids is 3. The van der Waals surface area contributed by atoms with Crippen LogP contribution in [-0.4, -0.2) is 147 Å². The summed E-state index contributed by atoms with van der Waals surface area (Å²) in [4.78, 5) is 47.8. The van der Waals surface area contributed by atoms with Crippen molar-refractivity contribution in [2.45, 2.75) is 94.8 Å². The summed E-state index contributed by atoms with van der Waals surface area (Å²) in [6.45, 7) is 2.30. The highest BCUT2D eigenvalue weighted by Gasteiger charge is 2.55. The lowest BCUT2D eigenvalue weighted by atomic mass is 9.88. The molecule has 1 aromatic carbocycles. The number of amides is 3. The minimum atomic E-state index is -2.44. The number of aryl methyl sites for hydroxylation is 1. The minimum Gasteiger partial charge on any atom is -0.477 e. The van der Waals surface area contributed by atoms with E-state index in [4.69, 9.17) is 30.5 Å². The molecule has 0 spiro atoms. The van der Waals surface area contributed by atoms with Crippen LogP contribution >= 0.6 is 11.6 Å². The average molecular weight is 787 g/mol. The Morgan fingerprint density at radius 3 is 2.44 bits per heavy atom. The van der Waals surface area contributed by atoms with Crippen molar-refractivity contribution in [3.63, 3.8) is 0 Å². The van der Waals surface area contributed by atoms with Gasteiger partial charge in [-0.25, -0.2) is 4.79 Å². The van der Waals surface area contributed by atoms with Crippen molar-refractivity contribution >= 4 is 35.3 Å². The van der Waals surface area contributed by atoms with Gasteiger partial charge in [-0.1, -0.05) is 41.8 Å². The third-order valence-electron chi connectivity index (χ3n) is 8.33. The number of benzene rings is 1. The van der Waals surface area contributed by atoms with Crippen LogP contribution in [0.5, 0.6) is 0 Å². The van der Waals surface area contributed by atoms with Gasteiger partial charge in [-0.3, -0.25) is 19.1 Å². The summed E-state index contributed by atoms with van der Waals surface area (Å²) < 4.78 is 24.0. The maximum atomic E-state index is 12.5. The third kappa shape index (κ3) is 15.2. The summed E-state index contributed by atoms with van der Waals surface area (Å²) in [5.74, 6) is -5.59. The number of halogens is 1. The first-order chi connectivity index (χ1) is 25.8. The maximum Gasteiger partial charge on any atom is 0.364 e. The first-order valence-corrected chi connectivity index (χ1v) is 18.0. The molecule has 1 saturated heterocycles. The molecule has 0 saturated carbocycles. The normalized spacial score (nSPS) is 20.9. The van der Waals surface area contributed by atoms with Gasteiger partial charge in [0.2, 0.25) is 17.7 Å². The molecule has 1 aliphatic rings. The van der Waals surface area contributed by atoms with E-state index in [1.54, 1.807) is 35.1 Å². The predicted octanol–water partition coefficient (Wildman–Crippen LogP) is -1.33. The lowest BCUT2D eigenvalue weighted by Gasteiger charge is -2.46. The summed E-state index contributed by atoms with van der Waals surface area (Å²) in [7, 11) is 0. The number of carboxylic acids is 1. The fourth-order valence-electron chi connectivity index (χ4n) is 5.53. The molecule has 1 aromatic heterocycles. The van der Waals surface area contributed by atoms with E-state index in [1.165, 1.54) is 6.92 Å². The van der Waals surface area contributed by atoms with Gasteiger partial charge in [0.25, 0.3) is 5.79 Å². The van der Waals surface area contributed by atoms with Crippen molar-refractivity contribution in [3.05, 3.63) is 46.7 Å². The zero-order chi connectivity index (χ0) is 39.5. The van der Waals surface area contributed by atoms with Crippen LogP contribution in [0.4, 0.5) is 0 Å². The molecular weight excluding hydrogens is 736 g/mol. The quantitative estimate of drug-likeness (QED) is 0.0542. The highest BCUT2D eigenvalue weighted by molar-refractivity contribution is 6.30. The van der Waals surface area contributed by atoms with Crippen LogP contribution in [0.15, 0.2) is 30.5 Å². The van der Waals surface area contributed by atoms with Crippen LogP contribution in [0.2, 0.25) is 5.02 Å². The Morgan fingerprint density at radius 1 is 1.02 bits per heavy atom. The third-order valence-corrected chi connectivity index (χ3v) is 8.58. The lowest BCUT2D eigenvalue weighted by Crippen LogP contribution is -2.68. The Bertz CT molecular complexity index is 1470. The molecule has 0 aliphatic carbocycles. The number of ether oxygens (including phenoxy) is 4. The minimum absolute atomic E-state index is 0.0533. The smallest absolute Gasteiger partial charge is 0.364 e. The average Bonchev–Trinajstić information content (AvgIpc) is 3.59. The van der Waals surface area contributed by atoms with E-state index in [9.17, 15) is 44.7 Å². The number of aliphatic hydroxyl groups is 4. The highest BCUT2D eigenvalue weighted by Crippen LogP contribution is 2.34. The Labute approximate surface area is 317 Å². The molecule has 3 rings (SSSR count). The van der Waals surface area contributed by atoms with E-state index in [0.29, 0.717) is 62.0 Å². The molecule has 8 N–H and O–H groups in total. The van der Waals surface area contributed by atoms with Crippen molar-refractivity contribution in [2.24, 2.45) is 0 Å². The number of hydrogen-bond donors (Lipinski definition) is 8. The fourth-order valence-corrected chi connectivity index (χ4v) is 5.66. The molecule has 0 bridgehead atoms. The van der Waals surface area contributed by atoms with Gasteiger partial charge >= 0.3 is 5.97 Å². The van der Waals surface area contributed by atoms with Gasteiger partial charge in [0.1, 0.15) is 24.5 Å². The molecule has 2 aromatic rings. The first-order valence-electron chi connectivity index (χ1n) is 17.6. The van der Waals surface area contributed by atoms with Crippen LogP contribution in [-0.2, 0) is 57.7 Å². The van der Waals surface area contributed by atoms with Gasteiger partial charge in [0, 0.05) is 38.0 Å². The molecule has 6 atom stereocenters. The predicted molar refractivity (Wildman–Crippen MR) is 189 cm³/mol. The second-order valence-electron chi connectivity index (χ2n) is 12.7. The van der Waals surface area contributed by atoms with Crippen molar-refractivity contribution < 1.29 is 63.7 Å². The molecule has 19 nitrogen and oxygen atoms in total. The largest absolute Gasteiger partial charge is 0.477 e. The van der Waals surface area contributed by atoms with Crippen LogP contribution < -0.4 is 16.0 Å². The number of aromatic nitrogens is 3. The van der Waals surface area contributed by atoms with E-state index in [1.807, 2.05) is 0 Å². The second-order valence-corrected chi connectivity index (χ2v) is 13.1. The van der Waals surface area contributed by atoms with Crippen molar-refractivity contribution in [1.29, 1.82) is 0 Å². The number of nitrogens with zero attached hydrogens (tertiary/aromatic N) is 3. The number of carboxylic acid groups (broad SMARTS) is 1. The number of aliphatic carboxylic acids is 1. The van der Waals surface area contributed by atoms with Crippen molar-refractivity contribution in [1.82, 2.24) is 30.9 Å². The zero-order valence-corrected chi connectivity index (χ0v) is 30.9. The van der Waals surface area contributed by atoms with Crippen LogP contribution in [0.25, 0.3) is 0 Å². The van der Waals surface area contributed by atoms with Crippen LogP contribution in [0, 0.1) is 0 Å². The van der Waals surface area contributed by atoms with Crippen LogP contribution in [0.1, 0.15) is 50.3 Å². The number of aliphatic hydroxyl groups excluding tert-OH is 4. The second kappa shape index (κ2) is 23.2. The highest BCUT2D eigenvalue weighted by atomic mass is 35.5. The number of unbranched alkanes of at least 4 members (excludes halogenated alkanes) is 3. The molecule has 20 heteroatoms. The molecule has 54 heavy (non-hydrogen) atoms. The summed E-state index contributed by atoms with van der Waals surface area (Å²) in [5.41, 5.74) is 1.30. The summed E-state index contributed by atoms with van der Waals surface area (Å²) in [6, 6.07) is 5.08. The zero-order valence-electron chi connectivity index (χ0n) is 30.1. The Balaban J connectivity index is 1.45. The lowest BCUT2D eigenvalue weighted by molar-refractivity contribution is -0.310. The standard InChI is InChI=1S/C34H51ClN6O13/c1-22(43)36-10-13-51-14-15-52-21-25-19-41(40-39-25)11-4-2-3-5-12-53-34(33(49)50)17-26(44)30(38-29(47)20-42)32(54-34)31(48)27(45)18-37-28(46)16-23-6-8-24(35)9-7-23/h6-9,19,26-27,30-32,42,44-45,48H,2-5,10-18,20-21H2,1H3,(H,36,43)(H,37,46)(H,38,47)(H,49,50)/t26-,27+,30+,31+,32+,34+/m0/s1. The van der Waals surface area contributed by atoms with Gasteiger partial charge < -0.3 is 60.4 Å². The van der Waals surface area contributed by atoms with Gasteiger partial charge in [-0.2, -0.15) is 0 Å². The summed E-state index contributed by atoms with van der Waals surface area (Å²) >= 11 is 5.87. The molecule has 3 amide bonds. The molecule has 1 aliphatic heterocycles. The van der Waals surface area contributed by atoms with Crippen LogP contribution in [0.3, 0.4) is 0 Å². The Morgan fingerprint density at radius 2 is 1.74 bits per heavy atom. The topological polar surface area (TPSA) is 273 Å². The van der Waals surface area contributed by atoms with Gasteiger partial charge in [-0.15, -0.1) is 5.10 Å². The van der Waals surface area contributed by atoms with E-state index in [2.05, 4.69) is 26.3 Å². The first kappa shape index (κ1) is 44.6. The number of carbonyl (C=O) groups is 4. The number of rotatable bonds is 25. The summed E-state index contributed by atoms with van der Waals surface area (Å²) in [5, 5.41) is 68.3.